The van der Waals surface area contributed by atoms with Gasteiger partial charge in [-0.25, -0.2) is 0 Å². The Hall–Kier alpha value is -0.610. The molecular weight excluding hydrogens is 240 g/mol. The summed E-state index contributed by atoms with van der Waals surface area (Å²) in [5.74, 6) is 0.245. The maximum absolute atomic E-state index is 11.8. The van der Waals surface area contributed by atoms with Crippen LogP contribution >= 0.6 is 0 Å². The van der Waals surface area contributed by atoms with Crippen molar-refractivity contribution in [3.8, 4) is 0 Å². The molecular formula is C15H30N2O2. The van der Waals surface area contributed by atoms with Crippen LogP contribution in [0.25, 0.3) is 0 Å². The fourth-order valence-electron chi connectivity index (χ4n) is 2.67. The summed E-state index contributed by atoms with van der Waals surface area (Å²) < 4.78 is 0. The Morgan fingerprint density at radius 3 is 2.32 bits per heavy atom. The zero-order valence-corrected chi connectivity index (χ0v) is 13.1. The highest BCUT2D eigenvalue weighted by Gasteiger charge is 2.51. The lowest BCUT2D eigenvalue weighted by molar-refractivity contribution is -0.147. The van der Waals surface area contributed by atoms with Crippen LogP contribution < -0.4 is 5.32 Å². The van der Waals surface area contributed by atoms with E-state index >= 15 is 0 Å². The third-order valence-corrected chi connectivity index (χ3v) is 3.81. The fraction of sp³-hybridized carbons (Fsp3) is 0.933. The molecule has 112 valence electrons. The number of rotatable bonds is 9. The van der Waals surface area contributed by atoms with Crippen molar-refractivity contribution in [1.29, 1.82) is 0 Å². The summed E-state index contributed by atoms with van der Waals surface area (Å²) in [6.45, 7) is 10.00. The van der Waals surface area contributed by atoms with Crippen LogP contribution in [0.5, 0.6) is 0 Å². The van der Waals surface area contributed by atoms with E-state index in [-0.39, 0.29) is 12.0 Å². The topological polar surface area (TPSA) is 52.6 Å². The summed E-state index contributed by atoms with van der Waals surface area (Å²) >= 11 is 0. The molecule has 4 heteroatoms. The Bertz CT molecular complexity index is 301. The molecule has 1 aliphatic rings. The Kier molecular flexibility index (Phi) is 5.81. The van der Waals surface area contributed by atoms with Crippen molar-refractivity contribution in [2.45, 2.75) is 58.5 Å². The van der Waals surface area contributed by atoms with E-state index < -0.39 is 11.5 Å². The quantitative estimate of drug-likeness (QED) is 0.674. The molecule has 1 rings (SSSR count). The van der Waals surface area contributed by atoms with E-state index in [0.29, 0.717) is 12.5 Å². The number of aliphatic carboxylic acids is 1. The highest BCUT2D eigenvalue weighted by atomic mass is 16.4. The molecule has 4 nitrogen and oxygen atoms in total. The van der Waals surface area contributed by atoms with Gasteiger partial charge in [0.05, 0.1) is 0 Å². The molecule has 1 unspecified atom stereocenters. The summed E-state index contributed by atoms with van der Waals surface area (Å²) in [4.78, 5) is 14.0. The number of hydrogen-bond donors (Lipinski definition) is 2. The van der Waals surface area contributed by atoms with Gasteiger partial charge in [-0.2, -0.15) is 0 Å². The Balaban J connectivity index is 2.70. The second-order valence-corrected chi connectivity index (χ2v) is 6.77. The zero-order valence-electron chi connectivity index (χ0n) is 13.1. The Morgan fingerprint density at radius 2 is 1.95 bits per heavy atom. The smallest absolute Gasteiger partial charge is 0.325 e. The van der Waals surface area contributed by atoms with E-state index in [1.807, 2.05) is 20.9 Å². The van der Waals surface area contributed by atoms with Gasteiger partial charge < -0.3 is 10.0 Å². The van der Waals surface area contributed by atoms with Gasteiger partial charge in [0, 0.05) is 12.6 Å². The van der Waals surface area contributed by atoms with Crippen LogP contribution in [0.3, 0.4) is 0 Å². The Morgan fingerprint density at radius 1 is 1.37 bits per heavy atom. The summed E-state index contributed by atoms with van der Waals surface area (Å²) in [5, 5.41) is 13.1. The number of carboxylic acids is 1. The standard InChI is InChI=1S/C15H30N2O2/c1-11(2)8-9-17(5)10-15(14(18)19,13-6-7-13)16-12(3)4/h11-13,16H,6-10H2,1-5H3,(H,18,19). The van der Waals surface area contributed by atoms with Gasteiger partial charge in [0.1, 0.15) is 5.54 Å². The summed E-state index contributed by atoms with van der Waals surface area (Å²) in [7, 11) is 2.03. The van der Waals surface area contributed by atoms with E-state index in [9.17, 15) is 9.90 Å². The Labute approximate surface area is 117 Å². The molecule has 0 radical (unpaired) electrons. The van der Waals surface area contributed by atoms with Crippen LogP contribution in [-0.2, 0) is 4.79 Å². The highest BCUT2D eigenvalue weighted by molar-refractivity contribution is 5.80. The van der Waals surface area contributed by atoms with Crippen molar-refractivity contribution in [1.82, 2.24) is 10.2 Å². The van der Waals surface area contributed by atoms with Crippen LogP contribution in [0.1, 0.15) is 47.0 Å². The first-order valence-corrected chi connectivity index (χ1v) is 7.47. The fourth-order valence-corrected chi connectivity index (χ4v) is 2.67. The monoisotopic (exact) mass is 270 g/mol. The van der Waals surface area contributed by atoms with E-state index in [2.05, 4.69) is 24.1 Å². The second-order valence-electron chi connectivity index (χ2n) is 6.77. The average Bonchev–Trinajstić information content (AvgIpc) is 3.08. The van der Waals surface area contributed by atoms with Gasteiger partial charge in [0.15, 0.2) is 0 Å². The molecule has 1 saturated carbocycles. The lowest BCUT2D eigenvalue weighted by Gasteiger charge is -2.36. The molecule has 0 aromatic heterocycles. The van der Waals surface area contributed by atoms with Crippen molar-refractivity contribution in [3.05, 3.63) is 0 Å². The largest absolute Gasteiger partial charge is 0.480 e. The van der Waals surface area contributed by atoms with Crippen molar-refractivity contribution in [2.24, 2.45) is 11.8 Å². The van der Waals surface area contributed by atoms with Gasteiger partial charge in [-0.05, 0) is 58.5 Å². The molecule has 1 aliphatic carbocycles. The minimum atomic E-state index is -0.764. The second kappa shape index (κ2) is 6.71. The van der Waals surface area contributed by atoms with Crippen molar-refractivity contribution >= 4 is 5.97 Å². The SMILES string of the molecule is CC(C)CCN(C)CC(NC(C)C)(C(=O)O)C1CC1. The number of carboxylic acid groups (broad SMARTS) is 1. The molecule has 0 aromatic rings. The summed E-state index contributed by atoms with van der Waals surface area (Å²) in [6.07, 6.45) is 3.17. The number of nitrogens with one attached hydrogen (secondary N) is 1. The molecule has 2 N–H and O–H groups in total. The molecule has 0 spiro atoms. The number of hydrogen-bond acceptors (Lipinski definition) is 3. The normalized spacial score (nSPS) is 19.2. The van der Waals surface area contributed by atoms with Crippen molar-refractivity contribution in [2.75, 3.05) is 20.1 Å². The third-order valence-electron chi connectivity index (χ3n) is 3.81. The van der Waals surface area contributed by atoms with E-state index in [1.165, 1.54) is 0 Å². The van der Waals surface area contributed by atoms with Crippen molar-refractivity contribution < 1.29 is 9.90 Å². The van der Waals surface area contributed by atoms with Gasteiger partial charge in [-0.15, -0.1) is 0 Å². The molecule has 1 fully saturated rings. The predicted octanol–water partition coefficient (Wildman–Crippen LogP) is 2.20. The molecule has 19 heavy (non-hydrogen) atoms. The first-order valence-electron chi connectivity index (χ1n) is 7.47. The zero-order chi connectivity index (χ0) is 14.6. The average molecular weight is 270 g/mol. The molecule has 0 bridgehead atoms. The van der Waals surface area contributed by atoms with Crippen LogP contribution in [0, 0.1) is 11.8 Å². The van der Waals surface area contributed by atoms with E-state index in [0.717, 1.165) is 25.8 Å². The van der Waals surface area contributed by atoms with Gasteiger partial charge >= 0.3 is 5.97 Å². The minimum Gasteiger partial charge on any atom is -0.480 e. The molecule has 1 atom stereocenters. The van der Waals surface area contributed by atoms with Crippen LogP contribution in [0.4, 0.5) is 0 Å². The number of nitrogens with zero attached hydrogens (tertiary/aromatic N) is 1. The molecule has 0 aliphatic heterocycles. The predicted molar refractivity (Wildman–Crippen MR) is 78.3 cm³/mol. The molecule has 0 saturated heterocycles. The van der Waals surface area contributed by atoms with Gasteiger partial charge in [0.2, 0.25) is 0 Å². The van der Waals surface area contributed by atoms with Crippen LogP contribution in [-0.4, -0.2) is 47.7 Å². The lowest BCUT2D eigenvalue weighted by atomic mass is 9.91. The molecule has 0 heterocycles. The van der Waals surface area contributed by atoms with Crippen LogP contribution in [0.2, 0.25) is 0 Å². The number of carbonyl (C=O) groups is 1. The first kappa shape index (κ1) is 16.4. The van der Waals surface area contributed by atoms with Crippen LogP contribution in [0.15, 0.2) is 0 Å². The number of likely N-dealkylation sites (N-methyl/N-ethyl adjacent to an activating group) is 1. The van der Waals surface area contributed by atoms with Crippen molar-refractivity contribution in [3.63, 3.8) is 0 Å². The maximum atomic E-state index is 11.8. The molecule has 0 aromatic carbocycles. The van der Waals surface area contributed by atoms with E-state index in [1.54, 1.807) is 0 Å². The first-order chi connectivity index (χ1) is 8.78. The summed E-state index contributed by atoms with van der Waals surface area (Å²) in [5.41, 5.74) is -0.764. The molecule has 0 amide bonds. The summed E-state index contributed by atoms with van der Waals surface area (Å²) in [6, 6.07) is 0.190. The highest BCUT2D eigenvalue weighted by Crippen LogP contribution is 2.40. The van der Waals surface area contributed by atoms with Gasteiger partial charge in [-0.1, -0.05) is 13.8 Å². The lowest BCUT2D eigenvalue weighted by Crippen LogP contribution is -2.62. The maximum Gasteiger partial charge on any atom is 0.325 e. The van der Waals surface area contributed by atoms with E-state index in [4.69, 9.17) is 0 Å². The minimum absolute atomic E-state index is 0.190. The third kappa shape index (κ3) is 4.77. The van der Waals surface area contributed by atoms with Gasteiger partial charge in [-0.3, -0.25) is 10.1 Å². The van der Waals surface area contributed by atoms with Gasteiger partial charge in [0.25, 0.3) is 0 Å².